The molecule has 1 amide bonds. The van der Waals surface area contributed by atoms with Gasteiger partial charge in [0.15, 0.2) is 0 Å². The summed E-state index contributed by atoms with van der Waals surface area (Å²) in [7, 11) is -2.41. The van der Waals surface area contributed by atoms with Crippen molar-refractivity contribution in [3.63, 3.8) is 0 Å². The highest BCUT2D eigenvalue weighted by atomic mass is 32.2. The minimum atomic E-state index is -3.81. The van der Waals surface area contributed by atoms with Gasteiger partial charge in [0.1, 0.15) is 0 Å². The SMILES string of the molecule is CN(CC(=O)Nc1cccc(/C=C/c2ccccn2)c1)S(=O)(=O)c1ccc2ccccc2c1. The first-order valence-corrected chi connectivity index (χ1v) is 11.8. The van der Waals surface area contributed by atoms with Crippen molar-refractivity contribution in [2.24, 2.45) is 0 Å². The summed E-state index contributed by atoms with van der Waals surface area (Å²) in [6.45, 7) is -0.302. The molecule has 1 N–H and O–H groups in total. The molecule has 0 atom stereocenters. The van der Waals surface area contributed by atoms with Gasteiger partial charge >= 0.3 is 0 Å². The summed E-state index contributed by atoms with van der Waals surface area (Å²) in [4.78, 5) is 17.0. The molecule has 166 valence electrons. The number of anilines is 1. The number of sulfonamides is 1. The number of fused-ring (bicyclic) bond motifs is 1. The van der Waals surface area contributed by atoms with Crippen LogP contribution in [0.5, 0.6) is 0 Å². The number of carbonyl (C=O) groups is 1. The number of pyridine rings is 1. The van der Waals surface area contributed by atoms with E-state index in [2.05, 4.69) is 10.3 Å². The zero-order valence-electron chi connectivity index (χ0n) is 18.0. The largest absolute Gasteiger partial charge is 0.325 e. The monoisotopic (exact) mass is 457 g/mol. The van der Waals surface area contributed by atoms with E-state index in [0.717, 1.165) is 26.3 Å². The predicted octanol–water partition coefficient (Wildman–Crippen LogP) is 4.66. The Kier molecular flexibility index (Phi) is 6.63. The van der Waals surface area contributed by atoms with Crippen molar-refractivity contribution in [3.8, 4) is 0 Å². The zero-order chi connectivity index (χ0) is 23.3. The lowest BCUT2D eigenvalue weighted by atomic mass is 10.1. The summed E-state index contributed by atoms with van der Waals surface area (Å²) in [5.41, 5.74) is 2.29. The van der Waals surface area contributed by atoms with E-state index < -0.39 is 15.9 Å². The second kappa shape index (κ2) is 9.77. The highest BCUT2D eigenvalue weighted by Gasteiger charge is 2.23. The Labute approximate surface area is 193 Å². The van der Waals surface area contributed by atoms with Gasteiger partial charge < -0.3 is 5.32 Å². The molecule has 4 aromatic rings. The molecule has 1 heterocycles. The van der Waals surface area contributed by atoms with Gasteiger partial charge in [-0.2, -0.15) is 4.31 Å². The zero-order valence-corrected chi connectivity index (χ0v) is 18.9. The fourth-order valence-corrected chi connectivity index (χ4v) is 4.53. The Hall–Kier alpha value is -3.81. The number of hydrogen-bond acceptors (Lipinski definition) is 4. The maximum atomic E-state index is 13.0. The first kappa shape index (κ1) is 22.4. The second-order valence-corrected chi connectivity index (χ2v) is 9.58. The van der Waals surface area contributed by atoms with E-state index in [9.17, 15) is 13.2 Å². The van der Waals surface area contributed by atoms with E-state index in [1.54, 1.807) is 30.5 Å². The molecule has 1 aromatic heterocycles. The maximum Gasteiger partial charge on any atom is 0.243 e. The Morgan fingerprint density at radius 1 is 0.909 bits per heavy atom. The van der Waals surface area contributed by atoms with Crippen molar-refractivity contribution in [1.29, 1.82) is 0 Å². The third-order valence-corrected chi connectivity index (χ3v) is 6.90. The Bertz CT molecular complexity index is 1420. The lowest BCUT2D eigenvalue weighted by molar-refractivity contribution is -0.116. The fraction of sp³-hybridized carbons (Fsp3) is 0.0769. The first-order chi connectivity index (χ1) is 15.9. The topological polar surface area (TPSA) is 79.4 Å². The second-order valence-electron chi connectivity index (χ2n) is 7.53. The lowest BCUT2D eigenvalue weighted by Crippen LogP contribution is -2.34. The van der Waals surface area contributed by atoms with Gasteiger partial charge in [-0.05, 0) is 58.8 Å². The molecular weight excluding hydrogens is 434 g/mol. The van der Waals surface area contributed by atoms with Crippen LogP contribution >= 0.6 is 0 Å². The standard InChI is InChI=1S/C26H23N3O3S/c1-29(33(31,32)25-15-13-21-8-2-3-9-22(21)18-25)19-26(30)28-24-11-6-7-20(17-24)12-14-23-10-4-5-16-27-23/h2-18H,19H2,1H3,(H,28,30)/b14-12+. The molecule has 4 rings (SSSR count). The van der Waals surface area contributed by atoms with Crippen molar-refractivity contribution in [2.75, 3.05) is 18.9 Å². The van der Waals surface area contributed by atoms with Crippen LogP contribution in [0.3, 0.4) is 0 Å². The number of likely N-dealkylation sites (N-methyl/N-ethyl adjacent to an activating group) is 1. The summed E-state index contributed by atoms with van der Waals surface area (Å²) < 4.78 is 27.0. The summed E-state index contributed by atoms with van der Waals surface area (Å²) in [6.07, 6.45) is 5.50. The molecule has 33 heavy (non-hydrogen) atoms. The molecule has 0 saturated carbocycles. The van der Waals surface area contributed by atoms with E-state index in [4.69, 9.17) is 0 Å². The van der Waals surface area contributed by atoms with Crippen LogP contribution in [0.25, 0.3) is 22.9 Å². The van der Waals surface area contributed by atoms with E-state index in [1.165, 1.54) is 7.05 Å². The van der Waals surface area contributed by atoms with Crippen molar-refractivity contribution in [1.82, 2.24) is 9.29 Å². The van der Waals surface area contributed by atoms with E-state index in [0.29, 0.717) is 5.69 Å². The molecule has 0 unspecified atom stereocenters. The number of rotatable bonds is 7. The molecule has 0 bridgehead atoms. The number of nitrogens with zero attached hydrogens (tertiary/aromatic N) is 2. The molecule has 0 fully saturated rings. The van der Waals surface area contributed by atoms with Crippen LogP contribution in [0.2, 0.25) is 0 Å². The molecule has 7 heteroatoms. The summed E-state index contributed by atoms with van der Waals surface area (Å²) in [6, 6.07) is 25.4. The molecule has 0 spiro atoms. The third kappa shape index (κ3) is 5.52. The van der Waals surface area contributed by atoms with Gasteiger partial charge in [0, 0.05) is 18.9 Å². The van der Waals surface area contributed by atoms with Gasteiger partial charge in [0.05, 0.1) is 17.1 Å². The molecule has 3 aromatic carbocycles. The van der Waals surface area contributed by atoms with Crippen LogP contribution in [-0.2, 0) is 14.8 Å². The maximum absolute atomic E-state index is 13.0. The van der Waals surface area contributed by atoms with Gasteiger partial charge in [0.2, 0.25) is 15.9 Å². The Morgan fingerprint density at radius 3 is 2.48 bits per heavy atom. The van der Waals surface area contributed by atoms with E-state index >= 15 is 0 Å². The number of nitrogens with one attached hydrogen (secondary N) is 1. The predicted molar refractivity (Wildman–Crippen MR) is 132 cm³/mol. The molecule has 0 aliphatic heterocycles. The van der Waals surface area contributed by atoms with Crippen molar-refractivity contribution >= 4 is 44.5 Å². The van der Waals surface area contributed by atoms with E-state index in [1.807, 2.05) is 72.8 Å². The Balaban J connectivity index is 1.43. The summed E-state index contributed by atoms with van der Waals surface area (Å²) in [5, 5.41) is 4.55. The summed E-state index contributed by atoms with van der Waals surface area (Å²) in [5.74, 6) is -0.423. The van der Waals surface area contributed by atoms with Crippen molar-refractivity contribution in [3.05, 3.63) is 102 Å². The van der Waals surface area contributed by atoms with Crippen LogP contribution in [0, 0.1) is 0 Å². The highest BCUT2D eigenvalue weighted by molar-refractivity contribution is 7.89. The number of benzene rings is 3. The number of hydrogen-bond donors (Lipinski definition) is 1. The number of aromatic nitrogens is 1. The molecule has 0 saturated heterocycles. The normalized spacial score (nSPS) is 11.8. The number of amides is 1. The van der Waals surface area contributed by atoms with Gasteiger partial charge in [-0.25, -0.2) is 8.42 Å². The average Bonchev–Trinajstić information content (AvgIpc) is 2.83. The van der Waals surface area contributed by atoms with Crippen LogP contribution in [0.1, 0.15) is 11.3 Å². The Morgan fingerprint density at radius 2 is 1.70 bits per heavy atom. The molecule has 6 nitrogen and oxygen atoms in total. The van der Waals surface area contributed by atoms with Crippen molar-refractivity contribution < 1.29 is 13.2 Å². The van der Waals surface area contributed by atoms with Crippen LogP contribution in [0.15, 0.2) is 96.0 Å². The highest BCUT2D eigenvalue weighted by Crippen LogP contribution is 2.21. The molecular formula is C26H23N3O3S. The summed E-state index contributed by atoms with van der Waals surface area (Å²) >= 11 is 0. The van der Waals surface area contributed by atoms with Gasteiger partial charge in [-0.3, -0.25) is 9.78 Å². The fourth-order valence-electron chi connectivity index (χ4n) is 3.37. The molecule has 0 radical (unpaired) electrons. The van der Waals surface area contributed by atoms with Gasteiger partial charge in [-0.15, -0.1) is 0 Å². The van der Waals surface area contributed by atoms with Gasteiger partial charge in [0.25, 0.3) is 0 Å². The molecule has 0 aliphatic carbocycles. The van der Waals surface area contributed by atoms with E-state index in [-0.39, 0.29) is 11.4 Å². The molecule has 0 aliphatic rings. The minimum Gasteiger partial charge on any atom is -0.325 e. The first-order valence-electron chi connectivity index (χ1n) is 10.4. The van der Waals surface area contributed by atoms with Crippen molar-refractivity contribution in [2.45, 2.75) is 4.90 Å². The van der Waals surface area contributed by atoms with Gasteiger partial charge in [-0.1, -0.05) is 54.6 Å². The minimum absolute atomic E-state index is 0.151. The third-order valence-electron chi connectivity index (χ3n) is 5.10. The smallest absolute Gasteiger partial charge is 0.243 e. The lowest BCUT2D eigenvalue weighted by Gasteiger charge is -2.17. The quantitative estimate of drug-likeness (QED) is 0.438. The van der Waals surface area contributed by atoms with Crippen LogP contribution < -0.4 is 5.32 Å². The van der Waals surface area contributed by atoms with Crippen LogP contribution in [0.4, 0.5) is 5.69 Å². The van der Waals surface area contributed by atoms with Crippen LogP contribution in [-0.4, -0.2) is 37.2 Å². The number of carbonyl (C=O) groups excluding carboxylic acids is 1. The average molecular weight is 458 g/mol.